The summed E-state index contributed by atoms with van der Waals surface area (Å²) in [6, 6.07) is 0. The molecule has 0 radical (unpaired) electrons. The number of rotatable bonds is 3. The lowest BCUT2D eigenvalue weighted by atomic mass is 10.4. The van der Waals surface area contributed by atoms with Crippen molar-refractivity contribution in [3.8, 4) is 0 Å². The van der Waals surface area contributed by atoms with E-state index >= 15 is 0 Å². The molecule has 0 fully saturated rings. The molecule has 50 valence electrons. The molecule has 0 saturated heterocycles. The van der Waals surface area contributed by atoms with Gasteiger partial charge in [-0.15, -0.1) is 0 Å². The lowest BCUT2D eigenvalue weighted by Crippen LogP contribution is -1.98. The van der Waals surface area contributed by atoms with Crippen molar-refractivity contribution in [1.29, 1.82) is 0 Å². The molecule has 0 N–H and O–H groups in total. The molecular weight excluding hydrogens is 116 g/mol. The maximum absolute atomic E-state index is 2.28. The summed E-state index contributed by atoms with van der Waals surface area (Å²) >= 11 is 2.05. The third-order valence-corrected chi connectivity index (χ3v) is 2.42. The summed E-state index contributed by atoms with van der Waals surface area (Å²) in [6.07, 6.45) is 1.29. The average molecular weight is 132 g/mol. The fourth-order valence-electron chi connectivity index (χ4n) is 0.561. The van der Waals surface area contributed by atoms with Gasteiger partial charge in [0.2, 0.25) is 0 Å². The van der Waals surface area contributed by atoms with Crippen LogP contribution in [0.1, 0.15) is 34.1 Å². The monoisotopic (exact) mass is 132 g/mol. The van der Waals surface area contributed by atoms with Crippen molar-refractivity contribution in [3.05, 3.63) is 0 Å². The lowest BCUT2D eigenvalue weighted by molar-refractivity contribution is 0.896. The highest BCUT2D eigenvalue weighted by molar-refractivity contribution is 8.00. The Morgan fingerprint density at radius 1 is 1.25 bits per heavy atom. The van der Waals surface area contributed by atoms with Crippen LogP contribution in [-0.4, -0.2) is 10.5 Å². The molecule has 0 aromatic rings. The second-order valence-corrected chi connectivity index (χ2v) is 4.42. The van der Waals surface area contributed by atoms with E-state index in [9.17, 15) is 0 Å². The molecule has 0 aromatic carbocycles. The first-order valence-corrected chi connectivity index (χ1v) is 4.26. The van der Waals surface area contributed by atoms with Crippen LogP contribution in [0.4, 0.5) is 0 Å². The maximum atomic E-state index is 2.28. The van der Waals surface area contributed by atoms with E-state index in [4.69, 9.17) is 0 Å². The minimum atomic E-state index is 0.796. The summed E-state index contributed by atoms with van der Waals surface area (Å²) in [5.74, 6) is 0. The molecule has 8 heavy (non-hydrogen) atoms. The van der Waals surface area contributed by atoms with E-state index in [1.165, 1.54) is 6.42 Å². The second kappa shape index (κ2) is 4.25. The highest BCUT2D eigenvalue weighted by Crippen LogP contribution is 2.18. The fourth-order valence-corrected chi connectivity index (χ4v) is 1.68. The van der Waals surface area contributed by atoms with Crippen molar-refractivity contribution >= 4 is 11.8 Å². The van der Waals surface area contributed by atoms with Crippen molar-refractivity contribution in [2.75, 3.05) is 0 Å². The van der Waals surface area contributed by atoms with Crippen molar-refractivity contribution in [1.82, 2.24) is 0 Å². The molecule has 0 nitrogen and oxygen atoms in total. The maximum Gasteiger partial charge on any atom is 0.00186 e. The highest BCUT2D eigenvalue weighted by Gasteiger charge is 2.00. The van der Waals surface area contributed by atoms with E-state index < -0.39 is 0 Å². The molecule has 0 aliphatic carbocycles. The first-order valence-electron chi connectivity index (χ1n) is 3.32. The van der Waals surface area contributed by atoms with Crippen LogP contribution in [0.5, 0.6) is 0 Å². The van der Waals surface area contributed by atoms with Gasteiger partial charge in [0.05, 0.1) is 0 Å². The third kappa shape index (κ3) is 4.51. The van der Waals surface area contributed by atoms with Crippen LogP contribution in [0.2, 0.25) is 0 Å². The Morgan fingerprint density at radius 2 is 1.75 bits per heavy atom. The summed E-state index contributed by atoms with van der Waals surface area (Å²) in [5.41, 5.74) is 0. The number of hydrogen-bond donors (Lipinski definition) is 0. The van der Waals surface area contributed by atoms with Crippen LogP contribution in [0.3, 0.4) is 0 Å². The minimum Gasteiger partial charge on any atom is -0.156 e. The van der Waals surface area contributed by atoms with E-state index in [0.29, 0.717) is 0 Å². The minimum absolute atomic E-state index is 0.796. The van der Waals surface area contributed by atoms with Crippen LogP contribution in [0.15, 0.2) is 0 Å². The summed E-state index contributed by atoms with van der Waals surface area (Å²) in [5, 5.41) is 1.64. The predicted molar refractivity (Wildman–Crippen MR) is 42.5 cm³/mol. The Balaban J connectivity index is 3.10. The zero-order valence-corrected chi connectivity index (χ0v) is 7.09. The van der Waals surface area contributed by atoms with Gasteiger partial charge in [0.25, 0.3) is 0 Å². The van der Waals surface area contributed by atoms with Gasteiger partial charge in [-0.1, -0.05) is 27.7 Å². The molecule has 0 amide bonds. The first-order chi connectivity index (χ1) is 3.66. The zero-order chi connectivity index (χ0) is 6.57. The van der Waals surface area contributed by atoms with E-state index in [2.05, 4.69) is 39.5 Å². The van der Waals surface area contributed by atoms with Crippen molar-refractivity contribution in [3.63, 3.8) is 0 Å². The molecule has 0 bridgehead atoms. The van der Waals surface area contributed by atoms with Gasteiger partial charge in [0.1, 0.15) is 0 Å². The van der Waals surface area contributed by atoms with Crippen LogP contribution >= 0.6 is 11.8 Å². The normalized spacial score (nSPS) is 14.6. The number of thioether (sulfide) groups is 1. The van der Waals surface area contributed by atoms with Crippen molar-refractivity contribution in [2.24, 2.45) is 0 Å². The molecule has 0 aliphatic rings. The summed E-state index contributed by atoms with van der Waals surface area (Å²) in [4.78, 5) is 0. The standard InChI is InChI=1S/C7H16S/c1-5-7(4)8-6(2)3/h6-7H,5H2,1-4H3. The molecule has 0 aliphatic heterocycles. The molecule has 0 rings (SSSR count). The van der Waals surface area contributed by atoms with E-state index in [1.807, 2.05) is 0 Å². The quantitative estimate of drug-likeness (QED) is 0.569. The Bertz CT molecular complexity index is 50.3. The lowest BCUT2D eigenvalue weighted by Gasteiger charge is -2.09. The predicted octanol–water partition coefficient (Wildman–Crippen LogP) is 2.93. The van der Waals surface area contributed by atoms with Crippen molar-refractivity contribution in [2.45, 2.75) is 44.6 Å². The van der Waals surface area contributed by atoms with Crippen LogP contribution in [-0.2, 0) is 0 Å². The van der Waals surface area contributed by atoms with Gasteiger partial charge in [0.15, 0.2) is 0 Å². The van der Waals surface area contributed by atoms with E-state index in [0.717, 1.165) is 10.5 Å². The van der Waals surface area contributed by atoms with Crippen LogP contribution < -0.4 is 0 Å². The summed E-state index contributed by atoms with van der Waals surface area (Å²) in [6.45, 7) is 9.01. The Labute approximate surface area is 57.1 Å². The molecule has 1 unspecified atom stereocenters. The molecule has 0 saturated carbocycles. The SMILES string of the molecule is CCC(C)SC(C)C. The largest absolute Gasteiger partial charge is 0.156 e. The molecule has 1 atom stereocenters. The van der Waals surface area contributed by atoms with Crippen LogP contribution in [0, 0.1) is 0 Å². The molecule has 0 aromatic heterocycles. The van der Waals surface area contributed by atoms with Crippen LogP contribution in [0.25, 0.3) is 0 Å². The average Bonchev–Trinajstić information content (AvgIpc) is 1.65. The van der Waals surface area contributed by atoms with Gasteiger partial charge in [-0.05, 0) is 11.7 Å². The Kier molecular flexibility index (Phi) is 4.44. The highest BCUT2D eigenvalue weighted by atomic mass is 32.2. The fraction of sp³-hybridized carbons (Fsp3) is 1.00. The Morgan fingerprint density at radius 3 is 1.88 bits per heavy atom. The van der Waals surface area contributed by atoms with Gasteiger partial charge in [0, 0.05) is 5.25 Å². The third-order valence-electron chi connectivity index (χ3n) is 1.08. The van der Waals surface area contributed by atoms with Gasteiger partial charge in [-0.3, -0.25) is 0 Å². The molecule has 0 spiro atoms. The van der Waals surface area contributed by atoms with E-state index in [1.54, 1.807) is 0 Å². The zero-order valence-electron chi connectivity index (χ0n) is 6.27. The van der Waals surface area contributed by atoms with Gasteiger partial charge in [-0.25, -0.2) is 0 Å². The molecule has 0 heterocycles. The summed E-state index contributed by atoms with van der Waals surface area (Å²) in [7, 11) is 0. The topological polar surface area (TPSA) is 0 Å². The van der Waals surface area contributed by atoms with Crippen molar-refractivity contribution < 1.29 is 0 Å². The van der Waals surface area contributed by atoms with E-state index in [-0.39, 0.29) is 0 Å². The van der Waals surface area contributed by atoms with Gasteiger partial charge < -0.3 is 0 Å². The summed E-state index contributed by atoms with van der Waals surface area (Å²) < 4.78 is 0. The molecular formula is C7H16S. The first kappa shape index (κ1) is 8.35. The molecule has 1 heteroatoms. The second-order valence-electron chi connectivity index (χ2n) is 2.40. The van der Waals surface area contributed by atoms with Gasteiger partial charge in [-0.2, -0.15) is 11.8 Å². The number of hydrogen-bond acceptors (Lipinski definition) is 1. The smallest absolute Gasteiger partial charge is 0.00186 e. The Hall–Kier alpha value is 0.350. The van der Waals surface area contributed by atoms with Gasteiger partial charge >= 0.3 is 0 Å².